The van der Waals surface area contributed by atoms with E-state index in [-0.39, 0.29) is 0 Å². The number of nitrogens with zero attached hydrogens (tertiary/aromatic N) is 1. The van der Waals surface area contributed by atoms with Gasteiger partial charge in [-0.05, 0) is 25.5 Å². The Kier molecular flexibility index (Phi) is 5.42. The van der Waals surface area contributed by atoms with Crippen LogP contribution in [0.5, 0.6) is 0 Å². The molecule has 0 radical (unpaired) electrons. The minimum Gasteiger partial charge on any atom is -0.462 e. The van der Waals surface area contributed by atoms with E-state index in [1.807, 2.05) is 6.92 Å². The maximum absolute atomic E-state index is 11.6. The Bertz CT molecular complexity index is 369. The van der Waals surface area contributed by atoms with Gasteiger partial charge < -0.3 is 15.2 Å². The number of anilines is 1. The molecule has 94 valence electrons. The van der Waals surface area contributed by atoms with Crippen molar-refractivity contribution in [2.45, 2.75) is 26.4 Å². The topological polar surface area (TPSA) is 71.5 Å². The van der Waals surface area contributed by atoms with Crippen molar-refractivity contribution in [1.82, 2.24) is 4.98 Å². The molecule has 0 amide bonds. The predicted octanol–water partition coefficient (Wildman–Crippen LogP) is 1.44. The fourth-order valence-corrected chi connectivity index (χ4v) is 1.28. The third-order valence-electron chi connectivity index (χ3n) is 2.28. The van der Waals surface area contributed by atoms with Crippen LogP contribution in [0.25, 0.3) is 0 Å². The molecule has 0 fully saturated rings. The molecule has 1 aromatic heterocycles. The average Bonchev–Trinajstić information content (AvgIpc) is 2.36. The van der Waals surface area contributed by atoms with Crippen LogP contribution in [0.3, 0.4) is 0 Å². The number of ether oxygens (including phenoxy) is 1. The SMILES string of the molecule is CCOC(=O)c1cccnc1NCC(O)CC. The summed E-state index contributed by atoms with van der Waals surface area (Å²) in [6.07, 6.45) is 1.78. The van der Waals surface area contributed by atoms with Crippen LogP contribution in [0.2, 0.25) is 0 Å². The van der Waals surface area contributed by atoms with Crippen LogP contribution in [0.1, 0.15) is 30.6 Å². The standard InChI is InChI=1S/C12H18N2O3/c1-3-9(15)8-14-11-10(6-5-7-13-11)12(16)17-4-2/h5-7,9,15H,3-4,8H2,1-2H3,(H,13,14). The van der Waals surface area contributed by atoms with Gasteiger partial charge in [0.15, 0.2) is 0 Å². The summed E-state index contributed by atoms with van der Waals surface area (Å²) in [7, 11) is 0. The molecule has 5 heteroatoms. The Morgan fingerprint density at radius 1 is 1.59 bits per heavy atom. The minimum atomic E-state index is -0.452. The van der Waals surface area contributed by atoms with Crippen molar-refractivity contribution in [1.29, 1.82) is 0 Å². The summed E-state index contributed by atoms with van der Waals surface area (Å²) in [5.41, 5.74) is 0.387. The average molecular weight is 238 g/mol. The molecule has 0 spiro atoms. The molecule has 1 rings (SSSR count). The van der Waals surface area contributed by atoms with Crippen LogP contribution in [0.4, 0.5) is 5.82 Å². The van der Waals surface area contributed by atoms with Gasteiger partial charge in [-0.1, -0.05) is 6.92 Å². The first-order chi connectivity index (χ1) is 8.19. The highest BCUT2D eigenvalue weighted by atomic mass is 16.5. The number of aliphatic hydroxyl groups excluding tert-OH is 1. The van der Waals surface area contributed by atoms with Crippen LogP contribution >= 0.6 is 0 Å². The third kappa shape index (κ3) is 4.03. The van der Waals surface area contributed by atoms with Gasteiger partial charge in [-0.2, -0.15) is 0 Å². The molecule has 0 bridgehead atoms. The lowest BCUT2D eigenvalue weighted by molar-refractivity contribution is 0.0527. The van der Waals surface area contributed by atoms with Crippen molar-refractivity contribution in [2.24, 2.45) is 0 Å². The van der Waals surface area contributed by atoms with Crippen LogP contribution < -0.4 is 5.32 Å². The molecule has 5 nitrogen and oxygen atoms in total. The number of aromatic nitrogens is 1. The summed E-state index contributed by atoms with van der Waals surface area (Å²) in [6.45, 7) is 4.32. The maximum Gasteiger partial charge on any atom is 0.341 e. The van der Waals surface area contributed by atoms with E-state index in [0.29, 0.717) is 31.0 Å². The predicted molar refractivity (Wildman–Crippen MR) is 65.0 cm³/mol. The number of hydrogen-bond donors (Lipinski definition) is 2. The molecule has 0 saturated carbocycles. The van der Waals surface area contributed by atoms with Gasteiger partial charge in [0.25, 0.3) is 0 Å². The molecule has 0 saturated heterocycles. The molecule has 17 heavy (non-hydrogen) atoms. The molecular weight excluding hydrogens is 220 g/mol. The zero-order chi connectivity index (χ0) is 12.7. The number of nitrogens with one attached hydrogen (secondary N) is 1. The minimum absolute atomic E-state index is 0.324. The second kappa shape index (κ2) is 6.85. The van der Waals surface area contributed by atoms with Crippen LogP contribution in [0.15, 0.2) is 18.3 Å². The summed E-state index contributed by atoms with van der Waals surface area (Å²) in [4.78, 5) is 15.7. The van der Waals surface area contributed by atoms with Gasteiger partial charge in [0, 0.05) is 12.7 Å². The fourth-order valence-electron chi connectivity index (χ4n) is 1.28. The highest BCUT2D eigenvalue weighted by Gasteiger charge is 2.13. The van der Waals surface area contributed by atoms with Crippen LogP contribution in [0, 0.1) is 0 Å². The molecule has 1 atom stereocenters. The molecular formula is C12H18N2O3. The van der Waals surface area contributed by atoms with Gasteiger partial charge in [0.1, 0.15) is 11.4 Å². The Labute approximate surface area is 101 Å². The quantitative estimate of drug-likeness (QED) is 0.734. The largest absolute Gasteiger partial charge is 0.462 e. The Hall–Kier alpha value is -1.62. The Morgan fingerprint density at radius 3 is 3.00 bits per heavy atom. The molecule has 0 aliphatic carbocycles. The molecule has 0 aromatic carbocycles. The number of hydrogen-bond acceptors (Lipinski definition) is 5. The van der Waals surface area contributed by atoms with E-state index in [1.54, 1.807) is 25.3 Å². The molecule has 0 aliphatic rings. The van der Waals surface area contributed by atoms with E-state index in [4.69, 9.17) is 4.74 Å². The van der Waals surface area contributed by atoms with E-state index in [9.17, 15) is 9.90 Å². The third-order valence-corrected chi connectivity index (χ3v) is 2.28. The first-order valence-corrected chi connectivity index (χ1v) is 5.73. The number of esters is 1. The van der Waals surface area contributed by atoms with Crippen molar-refractivity contribution in [3.05, 3.63) is 23.9 Å². The van der Waals surface area contributed by atoms with E-state index < -0.39 is 12.1 Å². The normalized spacial score (nSPS) is 11.9. The number of carbonyl (C=O) groups is 1. The first-order valence-electron chi connectivity index (χ1n) is 5.73. The summed E-state index contributed by atoms with van der Waals surface area (Å²) >= 11 is 0. The van der Waals surface area contributed by atoms with E-state index >= 15 is 0 Å². The molecule has 1 aromatic rings. The van der Waals surface area contributed by atoms with Gasteiger partial charge in [-0.25, -0.2) is 9.78 Å². The number of carbonyl (C=O) groups excluding carboxylic acids is 1. The second-order valence-electron chi connectivity index (χ2n) is 3.56. The Balaban J connectivity index is 2.74. The fraction of sp³-hybridized carbons (Fsp3) is 0.500. The summed E-state index contributed by atoms with van der Waals surface area (Å²) in [5.74, 6) is 0.0348. The zero-order valence-electron chi connectivity index (χ0n) is 10.1. The van der Waals surface area contributed by atoms with Gasteiger partial charge in [0.05, 0.1) is 12.7 Å². The monoisotopic (exact) mass is 238 g/mol. The zero-order valence-corrected chi connectivity index (χ0v) is 10.1. The second-order valence-corrected chi connectivity index (χ2v) is 3.56. The molecule has 0 aliphatic heterocycles. The first kappa shape index (κ1) is 13.4. The van der Waals surface area contributed by atoms with Gasteiger partial charge in [-0.15, -0.1) is 0 Å². The van der Waals surface area contributed by atoms with Crippen molar-refractivity contribution in [2.75, 3.05) is 18.5 Å². The highest BCUT2D eigenvalue weighted by molar-refractivity contribution is 5.94. The van der Waals surface area contributed by atoms with E-state index in [0.717, 1.165) is 0 Å². The molecule has 1 unspecified atom stereocenters. The maximum atomic E-state index is 11.6. The molecule has 1 heterocycles. The van der Waals surface area contributed by atoms with Crippen molar-refractivity contribution in [3.8, 4) is 0 Å². The Morgan fingerprint density at radius 2 is 2.35 bits per heavy atom. The number of aliphatic hydroxyl groups is 1. The van der Waals surface area contributed by atoms with Gasteiger partial charge in [-0.3, -0.25) is 0 Å². The van der Waals surface area contributed by atoms with Crippen molar-refractivity contribution < 1.29 is 14.6 Å². The van der Waals surface area contributed by atoms with Crippen LogP contribution in [-0.2, 0) is 4.74 Å². The summed E-state index contributed by atoms with van der Waals surface area (Å²) in [5, 5.41) is 12.4. The van der Waals surface area contributed by atoms with Gasteiger partial charge in [0.2, 0.25) is 0 Å². The lowest BCUT2D eigenvalue weighted by Gasteiger charge is -2.12. The van der Waals surface area contributed by atoms with Crippen molar-refractivity contribution in [3.63, 3.8) is 0 Å². The number of pyridine rings is 1. The van der Waals surface area contributed by atoms with Crippen molar-refractivity contribution >= 4 is 11.8 Å². The lowest BCUT2D eigenvalue weighted by Crippen LogP contribution is -2.20. The lowest BCUT2D eigenvalue weighted by atomic mass is 10.2. The smallest absolute Gasteiger partial charge is 0.341 e. The van der Waals surface area contributed by atoms with E-state index in [2.05, 4.69) is 10.3 Å². The van der Waals surface area contributed by atoms with Gasteiger partial charge >= 0.3 is 5.97 Å². The highest BCUT2D eigenvalue weighted by Crippen LogP contribution is 2.13. The summed E-state index contributed by atoms with van der Waals surface area (Å²) in [6, 6.07) is 3.32. The van der Waals surface area contributed by atoms with Crippen LogP contribution in [-0.4, -0.2) is 35.3 Å². The number of rotatable bonds is 6. The molecule has 2 N–H and O–H groups in total. The summed E-state index contributed by atoms with van der Waals surface area (Å²) < 4.78 is 4.92. The van der Waals surface area contributed by atoms with E-state index in [1.165, 1.54) is 0 Å².